The Kier molecular flexibility index (Phi) is 8.16. The van der Waals surface area contributed by atoms with Crippen LogP contribution < -0.4 is 14.8 Å². The quantitative estimate of drug-likeness (QED) is 0.359. The van der Waals surface area contributed by atoms with Crippen molar-refractivity contribution in [3.05, 3.63) is 63.7 Å². The molecule has 0 saturated heterocycles. The molecule has 160 valence electrons. The van der Waals surface area contributed by atoms with Crippen LogP contribution in [0, 0.1) is 10.1 Å². The number of nitro benzene ring substituents is 1. The van der Waals surface area contributed by atoms with Crippen molar-refractivity contribution >= 4 is 17.6 Å². The summed E-state index contributed by atoms with van der Waals surface area (Å²) in [6.07, 6.45) is -0.514. The van der Waals surface area contributed by atoms with E-state index in [9.17, 15) is 19.7 Å². The number of hydrogen-bond acceptors (Lipinski definition) is 7. The minimum absolute atomic E-state index is 0.134. The van der Waals surface area contributed by atoms with Crippen molar-refractivity contribution in [2.45, 2.75) is 26.4 Å². The zero-order valence-corrected chi connectivity index (χ0v) is 17.0. The molecule has 0 unspecified atom stereocenters. The summed E-state index contributed by atoms with van der Waals surface area (Å²) >= 11 is 0. The molecule has 2 rings (SSSR count). The highest BCUT2D eigenvalue weighted by atomic mass is 16.6. The average Bonchev–Trinajstić information content (AvgIpc) is 2.74. The van der Waals surface area contributed by atoms with Crippen molar-refractivity contribution in [3.63, 3.8) is 0 Å². The Morgan fingerprint density at radius 1 is 1.17 bits per heavy atom. The lowest BCUT2D eigenvalue weighted by Crippen LogP contribution is -2.37. The molecule has 0 aliphatic heterocycles. The molecule has 9 nitrogen and oxygen atoms in total. The number of methoxy groups -OCH3 is 1. The van der Waals surface area contributed by atoms with E-state index in [0.29, 0.717) is 13.0 Å². The molecule has 0 fully saturated rings. The van der Waals surface area contributed by atoms with Gasteiger partial charge in [0.15, 0.2) is 17.6 Å². The van der Waals surface area contributed by atoms with Crippen molar-refractivity contribution in [3.8, 4) is 11.5 Å². The molecule has 0 spiro atoms. The Bertz CT molecular complexity index is 900. The van der Waals surface area contributed by atoms with Crippen LogP contribution in [0.15, 0.2) is 42.5 Å². The highest BCUT2D eigenvalue weighted by molar-refractivity contribution is 5.96. The maximum Gasteiger partial charge on any atom is 0.346 e. The lowest BCUT2D eigenvalue weighted by Gasteiger charge is -2.15. The van der Waals surface area contributed by atoms with Crippen LogP contribution in [0.3, 0.4) is 0 Å². The third-order valence-electron chi connectivity index (χ3n) is 4.21. The van der Waals surface area contributed by atoms with Gasteiger partial charge in [-0.25, -0.2) is 4.79 Å². The van der Waals surface area contributed by atoms with Crippen molar-refractivity contribution in [1.82, 2.24) is 5.32 Å². The summed E-state index contributed by atoms with van der Waals surface area (Å²) < 4.78 is 15.6. The molecule has 1 amide bonds. The fourth-order valence-electron chi connectivity index (χ4n) is 2.69. The van der Waals surface area contributed by atoms with E-state index >= 15 is 0 Å². The van der Waals surface area contributed by atoms with E-state index in [-0.39, 0.29) is 23.7 Å². The van der Waals surface area contributed by atoms with Gasteiger partial charge in [0.2, 0.25) is 0 Å². The van der Waals surface area contributed by atoms with E-state index < -0.39 is 28.6 Å². The third kappa shape index (κ3) is 5.94. The predicted molar refractivity (Wildman–Crippen MR) is 109 cm³/mol. The molecule has 9 heteroatoms. The molecule has 30 heavy (non-hydrogen) atoms. The highest BCUT2D eigenvalue weighted by Crippen LogP contribution is 2.35. The molecule has 0 bridgehead atoms. The first-order chi connectivity index (χ1) is 14.4. The van der Waals surface area contributed by atoms with Gasteiger partial charge < -0.3 is 19.5 Å². The first-order valence-corrected chi connectivity index (χ1v) is 9.39. The van der Waals surface area contributed by atoms with Crippen LogP contribution in [0.2, 0.25) is 0 Å². The van der Waals surface area contributed by atoms with Gasteiger partial charge in [0.1, 0.15) is 5.56 Å². The van der Waals surface area contributed by atoms with Crippen LogP contribution in [0.1, 0.15) is 29.8 Å². The van der Waals surface area contributed by atoms with Crippen molar-refractivity contribution in [1.29, 1.82) is 0 Å². The first kappa shape index (κ1) is 22.7. The average molecular weight is 416 g/mol. The summed E-state index contributed by atoms with van der Waals surface area (Å²) in [5.41, 5.74) is 0.227. The molecule has 0 heterocycles. The van der Waals surface area contributed by atoms with Gasteiger partial charge in [0.05, 0.1) is 24.7 Å². The molecule has 0 radical (unpaired) electrons. The third-order valence-corrected chi connectivity index (χ3v) is 4.21. The van der Waals surface area contributed by atoms with Gasteiger partial charge in [0, 0.05) is 12.6 Å². The second-order valence-corrected chi connectivity index (χ2v) is 6.28. The topological polar surface area (TPSA) is 117 Å². The van der Waals surface area contributed by atoms with Gasteiger partial charge in [-0.05, 0) is 25.8 Å². The lowest BCUT2D eigenvalue weighted by molar-refractivity contribution is -0.385. The standard InChI is InChI=1S/C21H24N2O7/c1-4-29-19-13-17(23(26)27)16(12-18(19)28-3)21(25)30-14(2)20(24)22-11-10-15-8-6-5-7-9-15/h5-9,12-14H,4,10-11H2,1-3H3,(H,22,24)/t14-/m0/s1. The van der Waals surface area contributed by atoms with Crippen molar-refractivity contribution in [2.24, 2.45) is 0 Å². The smallest absolute Gasteiger partial charge is 0.346 e. The van der Waals surface area contributed by atoms with E-state index in [1.807, 2.05) is 30.3 Å². The van der Waals surface area contributed by atoms with Crippen LogP contribution in [0.5, 0.6) is 11.5 Å². The minimum Gasteiger partial charge on any atom is -0.493 e. The van der Waals surface area contributed by atoms with Gasteiger partial charge >= 0.3 is 5.97 Å². The zero-order valence-electron chi connectivity index (χ0n) is 17.0. The fourth-order valence-corrected chi connectivity index (χ4v) is 2.69. The lowest BCUT2D eigenvalue weighted by atomic mass is 10.1. The first-order valence-electron chi connectivity index (χ1n) is 9.39. The van der Waals surface area contributed by atoms with Crippen molar-refractivity contribution < 1.29 is 28.7 Å². The zero-order chi connectivity index (χ0) is 22.1. The van der Waals surface area contributed by atoms with E-state index in [0.717, 1.165) is 11.6 Å². The Labute approximate surface area is 174 Å². The maximum absolute atomic E-state index is 12.5. The Morgan fingerprint density at radius 3 is 2.47 bits per heavy atom. The number of carbonyl (C=O) groups is 2. The number of nitrogens with one attached hydrogen (secondary N) is 1. The normalized spacial score (nSPS) is 11.3. The minimum atomic E-state index is -1.13. The number of amides is 1. The van der Waals surface area contributed by atoms with E-state index in [2.05, 4.69) is 5.32 Å². The maximum atomic E-state index is 12.5. The number of nitrogens with zero attached hydrogens (tertiary/aromatic N) is 1. The molecule has 2 aromatic rings. The predicted octanol–water partition coefficient (Wildman–Crippen LogP) is 2.91. The summed E-state index contributed by atoms with van der Waals surface area (Å²) in [6, 6.07) is 11.9. The monoisotopic (exact) mass is 416 g/mol. The fraction of sp³-hybridized carbons (Fsp3) is 0.333. The molecule has 0 aromatic heterocycles. The number of carbonyl (C=O) groups excluding carboxylic acids is 2. The molecule has 0 aliphatic carbocycles. The second kappa shape index (κ2) is 10.8. The van der Waals surface area contributed by atoms with Gasteiger partial charge in [-0.1, -0.05) is 30.3 Å². The summed E-state index contributed by atoms with van der Waals surface area (Å²) in [7, 11) is 1.35. The summed E-state index contributed by atoms with van der Waals surface area (Å²) in [4.78, 5) is 35.4. The molecule has 1 atom stereocenters. The number of ether oxygens (including phenoxy) is 3. The Balaban J connectivity index is 2.06. The Morgan fingerprint density at radius 2 is 1.87 bits per heavy atom. The van der Waals surface area contributed by atoms with Crippen molar-refractivity contribution in [2.75, 3.05) is 20.3 Å². The van der Waals surface area contributed by atoms with Gasteiger partial charge in [-0.15, -0.1) is 0 Å². The van der Waals surface area contributed by atoms with Gasteiger partial charge in [-0.2, -0.15) is 0 Å². The number of esters is 1. The molecule has 2 aromatic carbocycles. The van der Waals surface area contributed by atoms with Gasteiger partial charge in [0.25, 0.3) is 11.6 Å². The number of nitro groups is 1. The number of hydrogen-bond donors (Lipinski definition) is 1. The highest BCUT2D eigenvalue weighted by Gasteiger charge is 2.28. The SMILES string of the molecule is CCOc1cc([N+](=O)[O-])c(C(=O)O[C@@H](C)C(=O)NCCc2ccccc2)cc1OC. The van der Waals surface area contributed by atoms with Crippen LogP contribution in [-0.4, -0.2) is 43.2 Å². The van der Waals surface area contributed by atoms with Crippen LogP contribution in [-0.2, 0) is 16.0 Å². The molecular formula is C21H24N2O7. The van der Waals surface area contributed by atoms with Crippen LogP contribution in [0.4, 0.5) is 5.69 Å². The molecular weight excluding hydrogens is 392 g/mol. The van der Waals surface area contributed by atoms with E-state index in [1.165, 1.54) is 20.1 Å². The summed E-state index contributed by atoms with van der Waals surface area (Å²) in [6.45, 7) is 3.73. The van der Waals surface area contributed by atoms with Crippen LogP contribution >= 0.6 is 0 Å². The second-order valence-electron chi connectivity index (χ2n) is 6.28. The number of benzene rings is 2. The molecule has 0 saturated carbocycles. The Hall–Kier alpha value is -3.62. The largest absolute Gasteiger partial charge is 0.493 e. The van der Waals surface area contributed by atoms with Gasteiger partial charge in [-0.3, -0.25) is 14.9 Å². The van der Waals surface area contributed by atoms with E-state index in [4.69, 9.17) is 14.2 Å². The summed E-state index contributed by atoms with van der Waals surface area (Å²) in [5.74, 6) is -1.22. The van der Waals surface area contributed by atoms with E-state index in [1.54, 1.807) is 6.92 Å². The number of rotatable bonds is 10. The van der Waals surface area contributed by atoms with Crippen LogP contribution in [0.25, 0.3) is 0 Å². The molecule has 0 aliphatic rings. The summed E-state index contributed by atoms with van der Waals surface area (Å²) in [5, 5.41) is 14.1. The molecule has 1 N–H and O–H groups in total.